The summed E-state index contributed by atoms with van der Waals surface area (Å²) in [6, 6.07) is 6.34. The molecule has 0 fully saturated rings. The van der Waals surface area contributed by atoms with Crippen molar-refractivity contribution in [1.82, 2.24) is 15.6 Å². The zero-order chi connectivity index (χ0) is 17.4. The van der Waals surface area contributed by atoms with Gasteiger partial charge in [-0.3, -0.25) is 0 Å². The Kier molecular flexibility index (Phi) is 6.70. The molecule has 7 heteroatoms. The molecule has 0 bridgehead atoms. The van der Waals surface area contributed by atoms with Crippen LogP contribution < -0.4 is 10.6 Å². The van der Waals surface area contributed by atoms with Gasteiger partial charge >= 0.3 is 0 Å². The first kappa shape index (κ1) is 17.9. The second kappa shape index (κ2) is 8.99. The molecular formula is C17H20FN5S. The Bertz CT molecular complexity index is 748. The van der Waals surface area contributed by atoms with Crippen LogP contribution in [-0.4, -0.2) is 24.0 Å². The van der Waals surface area contributed by atoms with Gasteiger partial charge in [-0.05, 0) is 26.0 Å². The van der Waals surface area contributed by atoms with E-state index < -0.39 is 5.82 Å². The predicted molar refractivity (Wildman–Crippen MR) is 94.5 cm³/mol. The van der Waals surface area contributed by atoms with Gasteiger partial charge in [0.1, 0.15) is 5.82 Å². The maximum absolute atomic E-state index is 13.9. The zero-order valence-corrected chi connectivity index (χ0v) is 14.6. The molecule has 0 unspecified atom stereocenters. The van der Waals surface area contributed by atoms with Crippen LogP contribution in [0.3, 0.4) is 0 Å². The topological polar surface area (TPSA) is 73.1 Å². The van der Waals surface area contributed by atoms with Crippen LogP contribution in [0.4, 0.5) is 4.39 Å². The lowest BCUT2D eigenvalue weighted by Crippen LogP contribution is -2.38. The normalized spacial score (nSPS) is 11.2. The van der Waals surface area contributed by atoms with Crippen LogP contribution in [0.1, 0.15) is 27.9 Å². The van der Waals surface area contributed by atoms with E-state index in [9.17, 15) is 4.39 Å². The van der Waals surface area contributed by atoms with Gasteiger partial charge in [-0.2, -0.15) is 5.26 Å². The highest BCUT2D eigenvalue weighted by Crippen LogP contribution is 2.12. The van der Waals surface area contributed by atoms with Crippen molar-refractivity contribution in [2.24, 2.45) is 4.99 Å². The first-order valence-electron chi connectivity index (χ1n) is 7.74. The van der Waals surface area contributed by atoms with Crippen LogP contribution in [0, 0.1) is 24.1 Å². The average Bonchev–Trinajstić information content (AvgIpc) is 2.98. The molecule has 2 N–H and O–H groups in total. The van der Waals surface area contributed by atoms with E-state index in [1.165, 1.54) is 10.9 Å². The Morgan fingerprint density at radius 3 is 2.88 bits per heavy atom. The summed E-state index contributed by atoms with van der Waals surface area (Å²) in [5.74, 6) is 0.224. The number of benzene rings is 1. The molecule has 2 aromatic rings. The van der Waals surface area contributed by atoms with E-state index >= 15 is 0 Å². The van der Waals surface area contributed by atoms with Crippen molar-refractivity contribution >= 4 is 17.3 Å². The summed E-state index contributed by atoms with van der Waals surface area (Å²) < 4.78 is 13.9. The van der Waals surface area contributed by atoms with Crippen LogP contribution in [-0.2, 0) is 13.0 Å². The SMILES string of the molecule is CCNC(=NCc1ccc(C#N)cc1F)NCCc1ncc(C)s1. The Morgan fingerprint density at radius 1 is 1.42 bits per heavy atom. The summed E-state index contributed by atoms with van der Waals surface area (Å²) >= 11 is 1.68. The maximum Gasteiger partial charge on any atom is 0.191 e. The fourth-order valence-electron chi connectivity index (χ4n) is 2.06. The van der Waals surface area contributed by atoms with Crippen molar-refractivity contribution in [3.8, 4) is 6.07 Å². The molecule has 126 valence electrons. The minimum atomic E-state index is -0.410. The third-order valence-corrected chi connectivity index (χ3v) is 4.21. The van der Waals surface area contributed by atoms with E-state index in [1.54, 1.807) is 23.5 Å². The molecule has 0 aliphatic carbocycles. The molecule has 1 heterocycles. The summed E-state index contributed by atoms with van der Waals surface area (Å²) in [6.45, 7) is 5.64. The molecule has 2 rings (SSSR count). The van der Waals surface area contributed by atoms with Crippen LogP contribution in [0.15, 0.2) is 29.4 Å². The van der Waals surface area contributed by atoms with Crippen LogP contribution in [0.2, 0.25) is 0 Å². The van der Waals surface area contributed by atoms with Gasteiger partial charge in [-0.15, -0.1) is 11.3 Å². The maximum atomic E-state index is 13.9. The number of rotatable bonds is 6. The van der Waals surface area contributed by atoms with Crippen molar-refractivity contribution in [3.63, 3.8) is 0 Å². The molecule has 0 radical (unpaired) electrons. The first-order valence-corrected chi connectivity index (χ1v) is 8.56. The predicted octanol–water partition coefficient (Wildman–Crippen LogP) is 2.76. The van der Waals surface area contributed by atoms with Gasteiger partial charge in [0.05, 0.1) is 23.2 Å². The van der Waals surface area contributed by atoms with Gasteiger partial charge in [-0.1, -0.05) is 6.07 Å². The zero-order valence-electron chi connectivity index (χ0n) is 13.8. The van der Waals surface area contributed by atoms with Crippen molar-refractivity contribution in [1.29, 1.82) is 5.26 Å². The van der Waals surface area contributed by atoms with Gasteiger partial charge in [-0.25, -0.2) is 14.4 Å². The lowest BCUT2D eigenvalue weighted by atomic mass is 10.1. The van der Waals surface area contributed by atoms with E-state index in [4.69, 9.17) is 5.26 Å². The van der Waals surface area contributed by atoms with E-state index in [1.807, 2.05) is 26.1 Å². The quantitative estimate of drug-likeness (QED) is 0.624. The highest BCUT2D eigenvalue weighted by molar-refractivity contribution is 7.11. The second-order valence-electron chi connectivity index (χ2n) is 5.15. The molecule has 0 atom stereocenters. The van der Waals surface area contributed by atoms with Gasteiger partial charge in [0, 0.05) is 36.1 Å². The van der Waals surface area contributed by atoms with Crippen molar-refractivity contribution in [3.05, 3.63) is 51.2 Å². The number of hydrogen-bond donors (Lipinski definition) is 2. The number of aryl methyl sites for hydroxylation is 1. The molecular weight excluding hydrogens is 325 g/mol. The van der Waals surface area contributed by atoms with Gasteiger partial charge in [0.15, 0.2) is 5.96 Å². The lowest BCUT2D eigenvalue weighted by Gasteiger charge is -2.10. The third kappa shape index (κ3) is 5.32. The summed E-state index contributed by atoms with van der Waals surface area (Å²) in [5.41, 5.74) is 0.769. The number of nitriles is 1. The second-order valence-corrected chi connectivity index (χ2v) is 6.47. The monoisotopic (exact) mass is 345 g/mol. The van der Waals surface area contributed by atoms with Crippen LogP contribution in [0.5, 0.6) is 0 Å². The standard InChI is InChI=1S/C17H20FN5S/c1-3-20-17(21-7-6-16-22-10-12(2)24-16)23-11-14-5-4-13(9-19)8-15(14)18/h4-5,8,10H,3,6-7,11H2,1-2H3,(H2,20,21,23). The van der Waals surface area contributed by atoms with E-state index in [0.717, 1.165) is 18.0 Å². The van der Waals surface area contributed by atoms with Gasteiger partial charge in [0.2, 0.25) is 0 Å². The van der Waals surface area contributed by atoms with Crippen molar-refractivity contribution in [2.45, 2.75) is 26.8 Å². The van der Waals surface area contributed by atoms with Crippen molar-refractivity contribution < 1.29 is 4.39 Å². The number of guanidine groups is 1. The Hall–Kier alpha value is -2.46. The smallest absolute Gasteiger partial charge is 0.191 e. The minimum absolute atomic E-state index is 0.212. The number of nitrogens with one attached hydrogen (secondary N) is 2. The largest absolute Gasteiger partial charge is 0.357 e. The van der Waals surface area contributed by atoms with Crippen LogP contribution >= 0.6 is 11.3 Å². The Labute approximate surface area is 145 Å². The highest BCUT2D eigenvalue weighted by atomic mass is 32.1. The number of hydrogen-bond acceptors (Lipinski definition) is 4. The summed E-state index contributed by atoms with van der Waals surface area (Å²) in [6.07, 6.45) is 2.68. The lowest BCUT2D eigenvalue weighted by molar-refractivity contribution is 0.609. The minimum Gasteiger partial charge on any atom is -0.357 e. The Balaban J connectivity index is 1.93. The summed E-state index contributed by atoms with van der Waals surface area (Å²) in [4.78, 5) is 9.91. The summed E-state index contributed by atoms with van der Waals surface area (Å²) in [7, 11) is 0. The average molecular weight is 345 g/mol. The van der Waals surface area contributed by atoms with Gasteiger partial charge in [0.25, 0.3) is 0 Å². The molecule has 24 heavy (non-hydrogen) atoms. The molecule has 0 spiro atoms. The molecule has 5 nitrogen and oxygen atoms in total. The molecule has 1 aromatic heterocycles. The number of nitrogens with zero attached hydrogens (tertiary/aromatic N) is 3. The van der Waals surface area contributed by atoms with Gasteiger partial charge < -0.3 is 10.6 Å². The number of aromatic nitrogens is 1. The third-order valence-electron chi connectivity index (χ3n) is 3.23. The molecule has 0 amide bonds. The number of halogens is 1. The molecule has 1 aromatic carbocycles. The van der Waals surface area contributed by atoms with E-state index in [0.29, 0.717) is 23.6 Å². The first-order chi connectivity index (χ1) is 11.6. The number of thiazole rings is 1. The fraction of sp³-hybridized carbons (Fsp3) is 0.353. The van der Waals surface area contributed by atoms with Crippen LogP contribution in [0.25, 0.3) is 0 Å². The molecule has 0 aliphatic heterocycles. The van der Waals surface area contributed by atoms with E-state index in [-0.39, 0.29) is 6.54 Å². The fourth-order valence-corrected chi connectivity index (χ4v) is 2.84. The molecule has 0 saturated carbocycles. The molecule has 0 aliphatic rings. The Morgan fingerprint density at radius 2 is 2.25 bits per heavy atom. The summed E-state index contributed by atoms with van der Waals surface area (Å²) in [5, 5.41) is 16.2. The molecule has 0 saturated heterocycles. The van der Waals surface area contributed by atoms with Crippen molar-refractivity contribution in [2.75, 3.05) is 13.1 Å². The number of aliphatic imine (C=N–C) groups is 1. The van der Waals surface area contributed by atoms with E-state index in [2.05, 4.69) is 20.6 Å². The highest BCUT2D eigenvalue weighted by Gasteiger charge is 2.05.